The zero-order valence-electron chi connectivity index (χ0n) is 19.7. The lowest BCUT2D eigenvalue weighted by Crippen LogP contribution is -2.29. The van der Waals surface area contributed by atoms with Gasteiger partial charge in [-0.3, -0.25) is 24.6 Å². The molecule has 1 atom stereocenters. The van der Waals surface area contributed by atoms with Crippen molar-refractivity contribution < 1.29 is 29.1 Å². The summed E-state index contributed by atoms with van der Waals surface area (Å²) < 4.78 is 11.8. The van der Waals surface area contributed by atoms with Crippen molar-refractivity contribution >= 4 is 73.8 Å². The van der Waals surface area contributed by atoms with E-state index in [1.165, 1.54) is 24.3 Å². The minimum Gasteiger partial charge on any atom is -0.507 e. The third kappa shape index (κ3) is 4.54. The Kier molecular flexibility index (Phi) is 6.89. The summed E-state index contributed by atoms with van der Waals surface area (Å²) in [5, 5.41) is 23.6. The Morgan fingerprint density at radius 3 is 2.62 bits per heavy atom. The molecule has 198 valence electrons. The van der Waals surface area contributed by atoms with Crippen molar-refractivity contribution in [2.45, 2.75) is 6.04 Å². The van der Waals surface area contributed by atoms with Gasteiger partial charge in [0.05, 0.1) is 26.8 Å². The van der Waals surface area contributed by atoms with E-state index >= 15 is 0 Å². The van der Waals surface area contributed by atoms with Gasteiger partial charge in [0.15, 0.2) is 16.6 Å². The van der Waals surface area contributed by atoms with Gasteiger partial charge in [-0.05, 0) is 42.0 Å². The third-order valence-electron chi connectivity index (χ3n) is 6.20. The number of aliphatic hydroxyl groups is 1. The fourth-order valence-electron chi connectivity index (χ4n) is 4.49. The number of amides is 1. The van der Waals surface area contributed by atoms with E-state index in [0.717, 1.165) is 16.2 Å². The van der Waals surface area contributed by atoms with Gasteiger partial charge in [-0.25, -0.2) is 4.98 Å². The zero-order chi connectivity index (χ0) is 26.6. The van der Waals surface area contributed by atoms with Crippen molar-refractivity contribution in [2.24, 2.45) is 0 Å². The summed E-state index contributed by atoms with van der Waals surface area (Å²) in [6, 6.07) is 14.1. The molecule has 0 spiro atoms. The zero-order valence-corrected chi connectivity index (χ0v) is 22.1. The first-order chi connectivity index (χ1) is 18.3. The maximum absolute atomic E-state index is 13.4. The van der Waals surface area contributed by atoms with Crippen molar-refractivity contribution in [1.29, 1.82) is 0 Å². The number of hydrogen-bond donors (Lipinski definition) is 1. The Morgan fingerprint density at radius 1 is 1.08 bits per heavy atom. The van der Waals surface area contributed by atoms with Crippen LogP contribution in [-0.2, 0) is 9.59 Å². The van der Waals surface area contributed by atoms with Gasteiger partial charge in [-0.2, -0.15) is 0 Å². The number of ether oxygens (including phenoxy) is 2. The molecule has 1 amide bonds. The number of thiazole rings is 1. The number of non-ortho nitro benzene ring substituents is 1. The predicted octanol–water partition coefficient (Wildman–Crippen LogP) is 5.68. The van der Waals surface area contributed by atoms with Gasteiger partial charge in [0.2, 0.25) is 0 Å². The highest BCUT2D eigenvalue weighted by molar-refractivity contribution is 7.22. The Hall–Kier alpha value is -4.19. The average molecular weight is 586 g/mol. The fourth-order valence-corrected chi connectivity index (χ4v) is 5.76. The highest BCUT2D eigenvalue weighted by Crippen LogP contribution is 2.45. The van der Waals surface area contributed by atoms with Gasteiger partial charge in [-0.1, -0.05) is 35.1 Å². The van der Waals surface area contributed by atoms with Crippen LogP contribution in [0.2, 0.25) is 5.02 Å². The Balaban J connectivity index is 0.00000308. The first kappa shape index (κ1) is 26.4. The molecule has 0 bridgehead atoms. The molecule has 1 fully saturated rings. The second-order valence-corrected chi connectivity index (χ2v) is 9.93. The van der Waals surface area contributed by atoms with Gasteiger partial charge in [0.25, 0.3) is 11.5 Å². The molecule has 6 rings (SSSR count). The Bertz CT molecular complexity index is 1700. The molecule has 3 aromatic carbocycles. The van der Waals surface area contributed by atoms with Gasteiger partial charge in [0, 0.05) is 22.7 Å². The minimum absolute atomic E-state index is 0. The lowest BCUT2D eigenvalue weighted by Gasteiger charge is -2.23. The number of nitro groups is 1. The molecule has 0 radical (unpaired) electrons. The number of benzene rings is 3. The molecule has 0 aliphatic carbocycles. The largest absolute Gasteiger partial charge is 0.507 e. The van der Waals surface area contributed by atoms with Crippen LogP contribution in [0.15, 0.2) is 66.2 Å². The highest BCUT2D eigenvalue weighted by Gasteiger charge is 2.48. The van der Waals surface area contributed by atoms with Crippen LogP contribution in [0.1, 0.15) is 17.2 Å². The number of ketones is 1. The molecular formula is C26H17Cl2N3O7S. The molecule has 0 saturated carbocycles. The number of rotatable bonds is 4. The minimum atomic E-state index is -1.18. The molecule has 2 aliphatic rings. The number of hydrogen-bond acceptors (Lipinski definition) is 9. The van der Waals surface area contributed by atoms with Crippen molar-refractivity contribution in [1.82, 2.24) is 4.98 Å². The number of nitrogens with zero attached hydrogens (tertiary/aromatic N) is 3. The molecule has 1 unspecified atom stereocenters. The van der Waals surface area contributed by atoms with Crippen LogP contribution in [0.5, 0.6) is 11.5 Å². The number of nitro benzene ring substituents is 1. The maximum Gasteiger partial charge on any atom is 0.301 e. The number of fused-ring (bicyclic) bond motifs is 2. The number of anilines is 1. The molecule has 10 nitrogen and oxygen atoms in total. The molecule has 3 heterocycles. The van der Waals surface area contributed by atoms with Gasteiger partial charge < -0.3 is 14.6 Å². The van der Waals surface area contributed by atoms with Crippen molar-refractivity contribution in [3.8, 4) is 11.5 Å². The molecule has 1 aromatic heterocycles. The second kappa shape index (κ2) is 10.2. The maximum atomic E-state index is 13.4. The summed E-state index contributed by atoms with van der Waals surface area (Å²) in [5.74, 6) is -1.47. The molecule has 39 heavy (non-hydrogen) atoms. The summed E-state index contributed by atoms with van der Waals surface area (Å²) in [6.07, 6.45) is 0. The quantitative estimate of drug-likeness (QED) is 0.106. The topological polar surface area (TPSA) is 132 Å². The smallest absolute Gasteiger partial charge is 0.301 e. The van der Waals surface area contributed by atoms with Gasteiger partial charge in [0.1, 0.15) is 19.0 Å². The SMILES string of the molecule is Cl.O=C1C(=O)N(c2nc3ccc(Cl)cc3s2)C(c2cccc([N+](=O)[O-])c2)/C1=C(\O)c1ccc2c(c1)OCCO2. The summed E-state index contributed by atoms with van der Waals surface area (Å²) >= 11 is 7.25. The van der Waals surface area contributed by atoms with E-state index in [-0.39, 0.29) is 39.9 Å². The molecule has 1 N–H and O–H groups in total. The van der Waals surface area contributed by atoms with Crippen LogP contribution in [0, 0.1) is 10.1 Å². The fraction of sp³-hybridized carbons (Fsp3) is 0.115. The first-order valence-corrected chi connectivity index (χ1v) is 12.5. The first-order valence-electron chi connectivity index (χ1n) is 11.3. The average Bonchev–Trinajstić information content (AvgIpc) is 3.45. The van der Waals surface area contributed by atoms with E-state index in [4.69, 9.17) is 21.1 Å². The van der Waals surface area contributed by atoms with E-state index < -0.39 is 28.4 Å². The van der Waals surface area contributed by atoms with Crippen LogP contribution in [0.4, 0.5) is 10.8 Å². The summed E-state index contributed by atoms with van der Waals surface area (Å²) in [4.78, 5) is 43.5. The van der Waals surface area contributed by atoms with Crippen LogP contribution in [0.25, 0.3) is 16.0 Å². The number of Topliss-reactive ketones (excluding diaryl/α,β-unsaturated/α-hetero) is 1. The lowest BCUT2D eigenvalue weighted by atomic mass is 9.95. The lowest BCUT2D eigenvalue weighted by molar-refractivity contribution is -0.384. The van der Waals surface area contributed by atoms with E-state index in [1.807, 2.05) is 0 Å². The van der Waals surface area contributed by atoms with Crippen molar-refractivity contribution in [3.05, 3.63) is 92.5 Å². The molecule has 1 saturated heterocycles. The van der Waals surface area contributed by atoms with E-state index in [9.17, 15) is 24.8 Å². The standard InChI is InChI=1S/C26H16ClN3O7S.ClH/c27-15-5-6-17-20(12-15)38-26(28-17)29-22(13-2-1-3-16(10-13)30(34)35)21(24(32)25(29)33)23(31)14-4-7-18-19(11-14)37-9-8-36-18;/h1-7,10-12,22,31H,8-9H2;1H/b23-21+;. The van der Waals surface area contributed by atoms with Crippen LogP contribution in [-0.4, -0.2) is 39.9 Å². The van der Waals surface area contributed by atoms with Crippen molar-refractivity contribution in [2.75, 3.05) is 18.1 Å². The normalized spacial score (nSPS) is 17.8. The van der Waals surface area contributed by atoms with Crippen LogP contribution >= 0.6 is 35.3 Å². The third-order valence-corrected chi connectivity index (χ3v) is 7.45. The molecular weight excluding hydrogens is 569 g/mol. The summed E-state index contributed by atoms with van der Waals surface area (Å²) in [5.41, 5.74) is 0.572. The number of aliphatic hydroxyl groups excluding tert-OH is 1. The number of halogens is 2. The number of carbonyl (C=O) groups excluding carboxylic acids is 2. The Morgan fingerprint density at radius 2 is 1.85 bits per heavy atom. The monoisotopic (exact) mass is 585 g/mol. The van der Waals surface area contributed by atoms with E-state index in [0.29, 0.717) is 40.0 Å². The summed E-state index contributed by atoms with van der Waals surface area (Å²) in [6.45, 7) is 0.695. The second-order valence-electron chi connectivity index (χ2n) is 8.49. The molecule has 13 heteroatoms. The van der Waals surface area contributed by atoms with Crippen LogP contribution in [0.3, 0.4) is 0 Å². The van der Waals surface area contributed by atoms with Gasteiger partial charge >= 0.3 is 5.91 Å². The van der Waals surface area contributed by atoms with Crippen LogP contribution < -0.4 is 14.4 Å². The number of aromatic nitrogens is 1. The highest BCUT2D eigenvalue weighted by atomic mass is 35.5. The van der Waals surface area contributed by atoms with Gasteiger partial charge in [-0.15, -0.1) is 12.4 Å². The molecule has 4 aromatic rings. The summed E-state index contributed by atoms with van der Waals surface area (Å²) in [7, 11) is 0. The molecule has 2 aliphatic heterocycles. The van der Waals surface area contributed by atoms with E-state index in [1.54, 1.807) is 36.4 Å². The van der Waals surface area contributed by atoms with E-state index in [2.05, 4.69) is 4.98 Å². The van der Waals surface area contributed by atoms with Crippen molar-refractivity contribution in [3.63, 3.8) is 0 Å². The Labute approximate surface area is 235 Å². The number of carbonyl (C=O) groups is 2. The predicted molar refractivity (Wildman–Crippen MR) is 147 cm³/mol.